The third kappa shape index (κ3) is 0.459. The molecule has 1 unspecified atom stereocenters. The Labute approximate surface area is 49.1 Å². The first kappa shape index (κ1) is 4.37. The normalized spacial score (nSPS) is 33.0. The maximum atomic E-state index is 3.30. The fourth-order valence-electron chi connectivity index (χ4n) is 1.38. The average molecular weight is 107 g/mol. The van der Waals surface area contributed by atoms with Crippen LogP contribution >= 0.6 is 0 Å². The van der Waals surface area contributed by atoms with E-state index in [0.29, 0.717) is 0 Å². The summed E-state index contributed by atoms with van der Waals surface area (Å²) in [6, 6.07) is 0. The second kappa shape index (κ2) is 1.48. The highest BCUT2D eigenvalue weighted by molar-refractivity contribution is 5.19. The zero-order valence-electron chi connectivity index (χ0n) is 4.78. The Hall–Kier alpha value is -0.520. The van der Waals surface area contributed by atoms with Gasteiger partial charge in [-0.05, 0) is 18.1 Å². The van der Waals surface area contributed by atoms with E-state index in [9.17, 15) is 0 Å². The maximum Gasteiger partial charge on any atom is 0.0243 e. The number of nitrogens with one attached hydrogen (secondary N) is 1. The highest BCUT2D eigenvalue weighted by atomic mass is 14.9. The van der Waals surface area contributed by atoms with Crippen LogP contribution < -0.4 is 5.32 Å². The quantitative estimate of drug-likeness (QED) is 0.449. The van der Waals surface area contributed by atoms with E-state index >= 15 is 0 Å². The summed E-state index contributed by atoms with van der Waals surface area (Å²) >= 11 is 0. The Bertz CT molecular complexity index is 163. The lowest BCUT2D eigenvalue weighted by molar-refractivity contribution is 0.675. The molecule has 0 aromatic rings. The molecular formula is C7H9N. The summed E-state index contributed by atoms with van der Waals surface area (Å²) in [6.07, 6.45) is 3.38. The van der Waals surface area contributed by atoms with E-state index in [0.717, 1.165) is 12.5 Å². The molecule has 2 rings (SSSR count). The zero-order chi connectivity index (χ0) is 5.40. The summed E-state index contributed by atoms with van der Waals surface area (Å²) in [4.78, 5) is 0. The SMILES string of the molecule is C1=CCC2CNCC=12. The highest BCUT2D eigenvalue weighted by Gasteiger charge is 2.21. The van der Waals surface area contributed by atoms with E-state index in [-0.39, 0.29) is 0 Å². The van der Waals surface area contributed by atoms with E-state index in [4.69, 9.17) is 0 Å². The molecule has 2 aliphatic rings. The van der Waals surface area contributed by atoms with Gasteiger partial charge in [0.25, 0.3) is 0 Å². The largest absolute Gasteiger partial charge is 0.312 e. The Kier molecular flexibility index (Phi) is 0.806. The zero-order valence-corrected chi connectivity index (χ0v) is 4.78. The topological polar surface area (TPSA) is 12.0 Å². The van der Waals surface area contributed by atoms with Crippen molar-refractivity contribution in [2.75, 3.05) is 13.1 Å². The molecule has 1 saturated heterocycles. The van der Waals surface area contributed by atoms with Crippen molar-refractivity contribution in [1.29, 1.82) is 0 Å². The second-order valence-corrected chi connectivity index (χ2v) is 2.44. The lowest BCUT2D eigenvalue weighted by Gasteiger charge is -1.97. The first-order valence-electron chi connectivity index (χ1n) is 3.11. The van der Waals surface area contributed by atoms with Crippen molar-refractivity contribution in [3.8, 4) is 0 Å². The fraction of sp³-hybridized carbons (Fsp3) is 0.571. The first-order valence-corrected chi connectivity index (χ1v) is 3.11. The van der Waals surface area contributed by atoms with Gasteiger partial charge in [-0.15, -0.1) is 5.73 Å². The number of fused-ring (bicyclic) bond motifs is 1. The molecule has 1 nitrogen and oxygen atoms in total. The molecule has 42 valence electrons. The van der Waals surface area contributed by atoms with Crippen LogP contribution in [0.15, 0.2) is 17.4 Å². The Morgan fingerprint density at radius 1 is 1.75 bits per heavy atom. The average Bonchev–Trinajstić information content (AvgIpc) is 2.15. The predicted molar refractivity (Wildman–Crippen MR) is 32.6 cm³/mol. The molecule has 1 atom stereocenters. The molecule has 0 aromatic heterocycles. The molecule has 1 aliphatic carbocycles. The minimum atomic E-state index is 0.815. The molecule has 1 aliphatic heterocycles. The van der Waals surface area contributed by atoms with Gasteiger partial charge in [-0.2, -0.15) is 0 Å². The molecule has 0 radical (unpaired) electrons. The van der Waals surface area contributed by atoms with Crippen LogP contribution in [0.5, 0.6) is 0 Å². The molecule has 8 heavy (non-hydrogen) atoms. The minimum absolute atomic E-state index is 0.815. The molecule has 0 spiro atoms. The van der Waals surface area contributed by atoms with Crippen molar-refractivity contribution < 1.29 is 0 Å². The lowest BCUT2D eigenvalue weighted by atomic mass is 10.1. The van der Waals surface area contributed by atoms with Gasteiger partial charge in [0, 0.05) is 19.0 Å². The van der Waals surface area contributed by atoms with Crippen LogP contribution in [0.25, 0.3) is 0 Å². The summed E-state index contributed by atoms with van der Waals surface area (Å²) in [5.74, 6) is 0.815. The minimum Gasteiger partial charge on any atom is -0.312 e. The van der Waals surface area contributed by atoms with Gasteiger partial charge >= 0.3 is 0 Å². The van der Waals surface area contributed by atoms with Gasteiger partial charge in [-0.25, -0.2) is 0 Å². The Balaban J connectivity index is 2.31. The highest BCUT2D eigenvalue weighted by Crippen LogP contribution is 2.22. The Morgan fingerprint density at radius 2 is 2.75 bits per heavy atom. The molecular weight excluding hydrogens is 98.1 g/mol. The van der Waals surface area contributed by atoms with Gasteiger partial charge in [0.2, 0.25) is 0 Å². The van der Waals surface area contributed by atoms with Crippen molar-refractivity contribution in [1.82, 2.24) is 5.32 Å². The van der Waals surface area contributed by atoms with Crippen LogP contribution in [-0.4, -0.2) is 13.1 Å². The van der Waals surface area contributed by atoms with E-state index in [1.807, 2.05) is 0 Å². The smallest absolute Gasteiger partial charge is 0.0243 e. The molecule has 0 aromatic carbocycles. The number of hydrogen-bond acceptors (Lipinski definition) is 1. The standard InChI is InChI=1S/C7H9N/c1-2-6-4-8-5-7(6)3-1/h1,6,8H,2,4-5H2. The Morgan fingerprint density at radius 3 is 3.62 bits per heavy atom. The van der Waals surface area contributed by atoms with Crippen LogP contribution in [0.1, 0.15) is 6.42 Å². The van der Waals surface area contributed by atoms with Gasteiger partial charge in [0.05, 0.1) is 0 Å². The van der Waals surface area contributed by atoms with Gasteiger partial charge in [0.15, 0.2) is 0 Å². The molecule has 0 bridgehead atoms. The van der Waals surface area contributed by atoms with Gasteiger partial charge in [-0.3, -0.25) is 0 Å². The second-order valence-electron chi connectivity index (χ2n) is 2.44. The van der Waals surface area contributed by atoms with E-state index < -0.39 is 0 Å². The molecule has 1 heterocycles. The van der Waals surface area contributed by atoms with Crippen molar-refractivity contribution in [3.05, 3.63) is 17.4 Å². The third-order valence-electron chi connectivity index (χ3n) is 1.89. The van der Waals surface area contributed by atoms with E-state index in [1.165, 1.54) is 18.5 Å². The monoisotopic (exact) mass is 107 g/mol. The number of rotatable bonds is 0. The molecule has 0 saturated carbocycles. The summed E-state index contributed by atoms with van der Waals surface area (Å²) in [7, 11) is 0. The summed E-state index contributed by atoms with van der Waals surface area (Å²) in [6.45, 7) is 2.26. The van der Waals surface area contributed by atoms with E-state index in [1.54, 1.807) is 0 Å². The van der Waals surface area contributed by atoms with Crippen molar-refractivity contribution in [2.24, 2.45) is 5.92 Å². The summed E-state index contributed by atoms with van der Waals surface area (Å²) < 4.78 is 0. The van der Waals surface area contributed by atoms with Crippen LogP contribution in [0, 0.1) is 5.92 Å². The molecule has 1 N–H and O–H groups in total. The van der Waals surface area contributed by atoms with Crippen molar-refractivity contribution >= 4 is 0 Å². The third-order valence-corrected chi connectivity index (χ3v) is 1.89. The van der Waals surface area contributed by atoms with Gasteiger partial charge in [-0.1, -0.05) is 0 Å². The summed E-state index contributed by atoms with van der Waals surface area (Å²) in [5.41, 5.74) is 4.74. The first-order chi connectivity index (χ1) is 3.97. The van der Waals surface area contributed by atoms with Crippen LogP contribution in [0.2, 0.25) is 0 Å². The van der Waals surface area contributed by atoms with E-state index in [2.05, 4.69) is 17.1 Å². The molecule has 1 heteroatoms. The molecule has 0 amide bonds. The van der Waals surface area contributed by atoms with Crippen molar-refractivity contribution in [3.63, 3.8) is 0 Å². The fourth-order valence-corrected chi connectivity index (χ4v) is 1.38. The van der Waals surface area contributed by atoms with Gasteiger partial charge in [0.1, 0.15) is 0 Å². The predicted octanol–water partition coefficient (Wildman–Crippen LogP) is 0.691. The van der Waals surface area contributed by atoms with Crippen LogP contribution in [0.3, 0.4) is 0 Å². The van der Waals surface area contributed by atoms with Crippen LogP contribution in [0.4, 0.5) is 0 Å². The molecule has 1 fully saturated rings. The van der Waals surface area contributed by atoms with Crippen LogP contribution in [-0.2, 0) is 0 Å². The summed E-state index contributed by atoms with van der Waals surface area (Å²) in [5, 5.41) is 3.30. The maximum absolute atomic E-state index is 3.30. The van der Waals surface area contributed by atoms with Crippen molar-refractivity contribution in [2.45, 2.75) is 6.42 Å². The lowest BCUT2D eigenvalue weighted by Crippen LogP contribution is -2.07. The van der Waals surface area contributed by atoms with Gasteiger partial charge < -0.3 is 5.32 Å². The number of hydrogen-bond donors (Lipinski definition) is 1.